The van der Waals surface area contributed by atoms with Crippen LogP contribution in [-0.4, -0.2) is 21.0 Å². The molecule has 0 atom stereocenters. The Morgan fingerprint density at radius 3 is 2.92 bits per heavy atom. The Hall–Kier alpha value is -2.32. The first-order valence-electron chi connectivity index (χ1n) is 8.17. The number of fused-ring (bicyclic) bond motifs is 1. The average molecular weight is 433 g/mol. The number of thiocarbonyl (C=S) groups is 1. The molecule has 0 fully saturated rings. The van der Waals surface area contributed by atoms with Crippen molar-refractivity contribution in [3.8, 4) is 11.5 Å². The maximum Gasteiger partial charge on any atom is 0.228 e. The van der Waals surface area contributed by atoms with Gasteiger partial charge in [0, 0.05) is 29.0 Å². The largest absolute Gasteiger partial charge is 0.436 e. The Morgan fingerprint density at radius 2 is 2.15 bits per heavy atom. The number of aromatic nitrogens is 2. The van der Waals surface area contributed by atoms with Gasteiger partial charge in [-0.1, -0.05) is 13.3 Å². The molecule has 0 saturated heterocycles. The number of hydrogen-bond donors (Lipinski definition) is 2. The van der Waals surface area contributed by atoms with Gasteiger partial charge in [0.15, 0.2) is 10.7 Å². The van der Waals surface area contributed by atoms with E-state index in [1.165, 1.54) is 0 Å². The van der Waals surface area contributed by atoms with Crippen molar-refractivity contribution >= 4 is 56.0 Å². The Balaban J connectivity index is 1.73. The molecule has 2 heterocycles. The summed E-state index contributed by atoms with van der Waals surface area (Å²) in [4.78, 5) is 20.3. The van der Waals surface area contributed by atoms with E-state index in [0.29, 0.717) is 23.4 Å². The second-order valence-corrected chi connectivity index (χ2v) is 7.02. The average Bonchev–Trinajstić information content (AvgIpc) is 3.03. The van der Waals surface area contributed by atoms with E-state index in [9.17, 15) is 4.79 Å². The highest BCUT2D eigenvalue weighted by Crippen LogP contribution is 2.27. The number of benzene rings is 1. The number of nitrogens with zero attached hydrogens (tertiary/aromatic N) is 2. The first-order chi connectivity index (χ1) is 12.5. The van der Waals surface area contributed by atoms with Crippen molar-refractivity contribution in [1.29, 1.82) is 0 Å². The number of unbranched alkanes of at least 4 members (excludes halogenated alkanes) is 1. The van der Waals surface area contributed by atoms with Gasteiger partial charge in [-0.2, -0.15) is 0 Å². The molecule has 0 saturated carbocycles. The van der Waals surface area contributed by atoms with E-state index in [-0.39, 0.29) is 11.0 Å². The minimum absolute atomic E-state index is 0.0868. The first kappa shape index (κ1) is 18.5. The number of anilines is 1. The Labute approximate surface area is 164 Å². The predicted octanol–water partition coefficient (Wildman–Crippen LogP) is 4.66. The summed E-state index contributed by atoms with van der Waals surface area (Å²) in [5.41, 5.74) is 2.85. The molecule has 6 nitrogen and oxygen atoms in total. The summed E-state index contributed by atoms with van der Waals surface area (Å²) < 4.78 is 6.63. The molecule has 134 valence electrons. The van der Waals surface area contributed by atoms with Crippen LogP contribution in [0.4, 0.5) is 5.69 Å². The highest BCUT2D eigenvalue weighted by atomic mass is 79.9. The fourth-order valence-electron chi connectivity index (χ4n) is 2.35. The minimum Gasteiger partial charge on any atom is -0.436 e. The van der Waals surface area contributed by atoms with Crippen LogP contribution in [0, 0.1) is 0 Å². The van der Waals surface area contributed by atoms with Gasteiger partial charge < -0.3 is 15.1 Å². The lowest BCUT2D eigenvalue weighted by Gasteiger charge is -2.09. The zero-order chi connectivity index (χ0) is 18.5. The molecule has 1 aromatic carbocycles. The highest BCUT2D eigenvalue weighted by molar-refractivity contribution is 9.10. The predicted molar refractivity (Wildman–Crippen MR) is 109 cm³/mol. The van der Waals surface area contributed by atoms with Crippen LogP contribution >= 0.6 is 28.1 Å². The van der Waals surface area contributed by atoms with Crippen LogP contribution in [0.3, 0.4) is 0 Å². The summed E-state index contributed by atoms with van der Waals surface area (Å²) in [7, 11) is 0. The molecular weight excluding hydrogens is 416 g/mol. The van der Waals surface area contributed by atoms with Crippen LogP contribution in [0.25, 0.3) is 22.6 Å². The van der Waals surface area contributed by atoms with Crippen molar-refractivity contribution in [2.24, 2.45) is 0 Å². The summed E-state index contributed by atoms with van der Waals surface area (Å²) in [5, 5.41) is 5.94. The van der Waals surface area contributed by atoms with Crippen LogP contribution in [0.5, 0.6) is 0 Å². The van der Waals surface area contributed by atoms with Crippen molar-refractivity contribution in [2.45, 2.75) is 26.2 Å². The quantitative estimate of drug-likeness (QED) is 0.570. The molecule has 26 heavy (non-hydrogen) atoms. The van der Waals surface area contributed by atoms with Gasteiger partial charge in [-0.25, -0.2) is 4.98 Å². The molecular formula is C18H17BrN4O2S. The second-order valence-electron chi connectivity index (χ2n) is 5.70. The molecule has 0 bridgehead atoms. The Bertz CT molecular complexity index is 957. The van der Waals surface area contributed by atoms with Crippen LogP contribution < -0.4 is 10.6 Å². The third kappa shape index (κ3) is 4.64. The van der Waals surface area contributed by atoms with Crippen molar-refractivity contribution < 1.29 is 9.21 Å². The third-order valence-electron chi connectivity index (χ3n) is 3.61. The third-order valence-corrected chi connectivity index (χ3v) is 4.25. The molecule has 3 rings (SSSR count). The molecule has 0 radical (unpaired) electrons. The van der Waals surface area contributed by atoms with Crippen LogP contribution in [-0.2, 0) is 4.79 Å². The summed E-state index contributed by atoms with van der Waals surface area (Å²) in [6.07, 6.45) is 5.66. The number of pyridine rings is 1. The van der Waals surface area contributed by atoms with E-state index in [4.69, 9.17) is 16.6 Å². The number of rotatable bonds is 5. The van der Waals surface area contributed by atoms with E-state index >= 15 is 0 Å². The summed E-state index contributed by atoms with van der Waals surface area (Å²) in [6, 6.07) is 7.33. The summed E-state index contributed by atoms with van der Waals surface area (Å²) in [5.74, 6) is 0.401. The maximum absolute atomic E-state index is 11.7. The molecule has 3 aromatic rings. The molecule has 0 unspecified atom stereocenters. The van der Waals surface area contributed by atoms with Gasteiger partial charge >= 0.3 is 0 Å². The van der Waals surface area contributed by atoms with Crippen molar-refractivity contribution in [2.75, 3.05) is 5.32 Å². The highest BCUT2D eigenvalue weighted by Gasteiger charge is 2.11. The van der Waals surface area contributed by atoms with E-state index in [0.717, 1.165) is 28.6 Å². The minimum atomic E-state index is -0.0868. The van der Waals surface area contributed by atoms with E-state index in [2.05, 4.69) is 36.5 Å². The number of carbonyl (C=O) groups excluding carboxylic acids is 1. The van der Waals surface area contributed by atoms with Gasteiger partial charge in [0.2, 0.25) is 11.8 Å². The molecule has 8 heteroatoms. The molecule has 0 aliphatic rings. The lowest BCUT2D eigenvalue weighted by atomic mass is 10.2. The molecule has 1 amide bonds. The molecule has 2 N–H and O–H groups in total. The van der Waals surface area contributed by atoms with Crippen LogP contribution in [0.1, 0.15) is 26.2 Å². The molecule has 0 aliphatic carbocycles. The number of hydrogen-bond acceptors (Lipinski definition) is 5. The smallest absolute Gasteiger partial charge is 0.228 e. The van der Waals surface area contributed by atoms with Crippen molar-refractivity contribution in [3.63, 3.8) is 0 Å². The van der Waals surface area contributed by atoms with Gasteiger partial charge in [-0.05, 0) is 58.8 Å². The number of nitrogens with one attached hydrogen (secondary N) is 2. The number of carbonyl (C=O) groups is 1. The Kier molecular flexibility index (Phi) is 5.95. The van der Waals surface area contributed by atoms with Gasteiger partial charge in [-0.15, -0.1) is 0 Å². The fraction of sp³-hybridized carbons (Fsp3) is 0.222. The number of halogens is 1. The number of oxazole rings is 1. The van der Waals surface area contributed by atoms with Crippen LogP contribution in [0.15, 0.2) is 45.5 Å². The fourth-order valence-corrected chi connectivity index (χ4v) is 2.94. The monoisotopic (exact) mass is 432 g/mol. The SMILES string of the molecule is CCCCC(=O)NC(=S)Nc1ccc2oc(-c3cncc(Br)c3)nc2c1. The summed E-state index contributed by atoms with van der Waals surface area (Å²) in [6.45, 7) is 2.04. The van der Waals surface area contributed by atoms with Gasteiger partial charge in [0.05, 0.1) is 5.56 Å². The lowest BCUT2D eigenvalue weighted by Crippen LogP contribution is -2.33. The van der Waals surface area contributed by atoms with Crippen molar-refractivity contribution in [3.05, 3.63) is 41.1 Å². The number of amides is 1. The molecule has 0 aliphatic heterocycles. The normalized spacial score (nSPS) is 10.7. The summed E-state index contributed by atoms with van der Waals surface area (Å²) >= 11 is 8.57. The van der Waals surface area contributed by atoms with E-state index in [1.54, 1.807) is 18.5 Å². The maximum atomic E-state index is 11.7. The van der Waals surface area contributed by atoms with E-state index < -0.39 is 0 Å². The van der Waals surface area contributed by atoms with Gasteiger partial charge in [0.1, 0.15) is 5.52 Å². The zero-order valence-corrected chi connectivity index (χ0v) is 16.5. The van der Waals surface area contributed by atoms with Crippen LogP contribution in [0.2, 0.25) is 0 Å². The Morgan fingerprint density at radius 1 is 1.31 bits per heavy atom. The molecule has 0 spiro atoms. The standard InChI is InChI=1S/C18H17BrN4O2S/c1-2-3-4-16(24)23-18(26)21-13-5-6-15-14(8-13)22-17(25-15)11-7-12(19)10-20-9-11/h5-10H,2-4H2,1H3,(H2,21,23,24,26). The molecule has 2 aromatic heterocycles. The second kappa shape index (κ2) is 8.37. The first-order valence-corrected chi connectivity index (χ1v) is 9.37. The van der Waals surface area contributed by atoms with Gasteiger partial charge in [0.25, 0.3) is 0 Å². The van der Waals surface area contributed by atoms with Crippen molar-refractivity contribution in [1.82, 2.24) is 15.3 Å². The van der Waals surface area contributed by atoms with Gasteiger partial charge in [-0.3, -0.25) is 9.78 Å². The topological polar surface area (TPSA) is 80.0 Å². The lowest BCUT2D eigenvalue weighted by molar-refractivity contribution is -0.119. The zero-order valence-electron chi connectivity index (χ0n) is 14.1. The van der Waals surface area contributed by atoms with E-state index in [1.807, 2.05) is 25.1 Å².